The van der Waals surface area contributed by atoms with E-state index in [1.807, 2.05) is 6.92 Å². The molecule has 5 nitrogen and oxygen atoms in total. The molecule has 2 heterocycles. The summed E-state index contributed by atoms with van der Waals surface area (Å²) < 4.78 is 26.9. The molecule has 4 rings (SSSR count). The third-order valence-corrected chi connectivity index (χ3v) is 8.56. The van der Waals surface area contributed by atoms with Gasteiger partial charge in [-0.1, -0.05) is 0 Å². The van der Waals surface area contributed by atoms with E-state index < -0.39 is 10.0 Å². The molecule has 2 saturated carbocycles. The van der Waals surface area contributed by atoms with Crippen LogP contribution in [0.3, 0.4) is 0 Å². The Hall–Kier alpha value is -0.500. The molecule has 1 aromatic rings. The molecular formula is C16H25N3O2S2. The Kier molecular flexibility index (Phi) is 4.03. The zero-order chi connectivity index (χ0) is 16.1. The average molecular weight is 356 g/mol. The Labute approximate surface area is 142 Å². The van der Waals surface area contributed by atoms with E-state index in [-0.39, 0.29) is 11.3 Å². The van der Waals surface area contributed by atoms with Crippen molar-refractivity contribution in [1.29, 1.82) is 0 Å². The molecule has 0 aromatic carbocycles. The van der Waals surface area contributed by atoms with Gasteiger partial charge in [0.25, 0.3) is 0 Å². The van der Waals surface area contributed by atoms with Gasteiger partial charge in [0.15, 0.2) is 0 Å². The summed E-state index contributed by atoms with van der Waals surface area (Å²) in [5.41, 5.74) is 1.51. The third-order valence-electron chi connectivity index (χ3n) is 5.60. The molecule has 0 radical (unpaired) electrons. The largest absolute Gasteiger partial charge is 0.297 e. The van der Waals surface area contributed by atoms with Gasteiger partial charge in [-0.05, 0) is 64.0 Å². The number of hydrogen-bond donors (Lipinski definition) is 1. The number of piperidine rings is 1. The summed E-state index contributed by atoms with van der Waals surface area (Å²) in [5, 5.41) is 3.23. The fourth-order valence-electron chi connectivity index (χ4n) is 4.04. The number of aryl methyl sites for hydroxylation is 1. The minimum atomic E-state index is -3.02. The normalized spacial score (nSPS) is 25.6. The van der Waals surface area contributed by atoms with Crippen molar-refractivity contribution in [2.24, 2.45) is 5.41 Å². The van der Waals surface area contributed by atoms with Crippen LogP contribution in [-0.2, 0) is 16.6 Å². The molecule has 2 aliphatic carbocycles. The second kappa shape index (κ2) is 5.79. The second-order valence-electron chi connectivity index (χ2n) is 7.63. The Morgan fingerprint density at radius 3 is 2.61 bits per heavy atom. The first kappa shape index (κ1) is 16.0. The van der Waals surface area contributed by atoms with Gasteiger partial charge in [-0.3, -0.25) is 4.90 Å². The molecule has 1 N–H and O–H groups in total. The van der Waals surface area contributed by atoms with Gasteiger partial charge in [-0.25, -0.2) is 18.1 Å². The summed E-state index contributed by atoms with van der Waals surface area (Å²) in [6.07, 6.45) is 6.14. The summed E-state index contributed by atoms with van der Waals surface area (Å²) in [6, 6.07) is 0.189. The van der Waals surface area contributed by atoms with Crippen molar-refractivity contribution >= 4 is 21.4 Å². The van der Waals surface area contributed by atoms with Gasteiger partial charge >= 0.3 is 0 Å². The Morgan fingerprint density at radius 2 is 2.04 bits per heavy atom. The molecule has 7 heteroatoms. The van der Waals surface area contributed by atoms with Gasteiger partial charge < -0.3 is 0 Å². The van der Waals surface area contributed by atoms with Crippen molar-refractivity contribution in [3.63, 3.8) is 0 Å². The van der Waals surface area contributed by atoms with Crippen molar-refractivity contribution in [3.05, 3.63) is 16.1 Å². The van der Waals surface area contributed by atoms with Gasteiger partial charge in [-0.15, -0.1) is 11.3 Å². The van der Waals surface area contributed by atoms with E-state index in [1.165, 1.54) is 17.8 Å². The maximum Gasteiger partial charge on any atom is 0.214 e. The molecule has 3 aliphatic rings. The van der Waals surface area contributed by atoms with Crippen LogP contribution >= 0.6 is 11.3 Å². The molecule has 1 saturated heterocycles. The van der Waals surface area contributed by atoms with Crippen LogP contribution in [-0.4, -0.2) is 42.7 Å². The van der Waals surface area contributed by atoms with Gasteiger partial charge in [0.2, 0.25) is 10.0 Å². The van der Waals surface area contributed by atoms with Crippen molar-refractivity contribution < 1.29 is 8.42 Å². The van der Waals surface area contributed by atoms with Crippen LogP contribution in [0, 0.1) is 12.3 Å². The summed E-state index contributed by atoms with van der Waals surface area (Å²) in [5.74, 6) is 0. The molecule has 23 heavy (non-hydrogen) atoms. The van der Waals surface area contributed by atoms with Crippen molar-refractivity contribution in [2.45, 2.75) is 63.3 Å². The molecule has 1 aromatic heterocycles. The first-order valence-corrected chi connectivity index (χ1v) is 11.0. The van der Waals surface area contributed by atoms with E-state index in [0.29, 0.717) is 5.41 Å². The maximum absolute atomic E-state index is 12.0. The predicted molar refractivity (Wildman–Crippen MR) is 91.9 cm³/mol. The fraction of sp³-hybridized carbons (Fsp3) is 0.812. The van der Waals surface area contributed by atoms with Crippen LogP contribution in [0.2, 0.25) is 0 Å². The number of nitrogens with one attached hydrogen (secondary N) is 1. The lowest BCUT2D eigenvalue weighted by atomic mass is 9.61. The number of thiazole rings is 1. The summed E-state index contributed by atoms with van der Waals surface area (Å²) in [7, 11) is -3.02. The molecule has 3 fully saturated rings. The zero-order valence-electron chi connectivity index (χ0n) is 13.6. The quantitative estimate of drug-likeness (QED) is 0.880. The Bertz CT molecular complexity index is 665. The third kappa shape index (κ3) is 3.48. The molecule has 0 unspecified atom stereocenters. The summed E-state index contributed by atoms with van der Waals surface area (Å²) >= 11 is 1.75. The average Bonchev–Trinajstić information content (AvgIpc) is 3.25. The lowest BCUT2D eigenvalue weighted by Crippen LogP contribution is -2.55. The van der Waals surface area contributed by atoms with Gasteiger partial charge in [-0.2, -0.15) is 0 Å². The van der Waals surface area contributed by atoms with Crippen molar-refractivity contribution in [2.75, 3.05) is 13.1 Å². The van der Waals surface area contributed by atoms with E-state index in [1.54, 1.807) is 11.3 Å². The van der Waals surface area contributed by atoms with Crippen LogP contribution in [0.4, 0.5) is 0 Å². The molecule has 0 bridgehead atoms. The number of aromatic nitrogens is 1. The topological polar surface area (TPSA) is 62.3 Å². The van der Waals surface area contributed by atoms with Crippen LogP contribution in [0.1, 0.15) is 49.2 Å². The van der Waals surface area contributed by atoms with Crippen LogP contribution in [0.5, 0.6) is 0 Å². The highest BCUT2D eigenvalue weighted by Crippen LogP contribution is 2.49. The molecular weight excluding hydrogens is 330 g/mol. The first-order chi connectivity index (χ1) is 10.9. The lowest BCUT2D eigenvalue weighted by Gasteiger charge is -2.52. The van der Waals surface area contributed by atoms with Crippen LogP contribution < -0.4 is 4.72 Å². The highest BCUT2D eigenvalue weighted by atomic mass is 32.2. The number of hydrogen-bond acceptors (Lipinski definition) is 5. The monoisotopic (exact) mass is 355 g/mol. The van der Waals surface area contributed by atoms with Crippen LogP contribution in [0.25, 0.3) is 0 Å². The van der Waals surface area contributed by atoms with E-state index in [0.717, 1.165) is 51.0 Å². The fourth-order valence-corrected chi connectivity index (χ4v) is 6.43. The summed E-state index contributed by atoms with van der Waals surface area (Å²) in [4.78, 5) is 7.04. The lowest BCUT2D eigenvalue weighted by molar-refractivity contribution is 0.0106. The van der Waals surface area contributed by atoms with E-state index in [9.17, 15) is 8.42 Å². The van der Waals surface area contributed by atoms with Gasteiger partial charge in [0.1, 0.15) is 5.01 Å². The SMILES string of the molecule is Cc1csc(CN2CCC3(CC2)CC(NS(=O)(=O)C2CC2)C3)n1. The first-order valence-electron chi connectivity index (χ1n) is 8.59. The molecule has 128 valence electrons. The molecule has 0 atom stereocenters. The number of likely N-dealkylation sites (tertiary alicyclic amines) is 1. The van der Waals surface area contributed by atoms with E-state index in [4.69, 9.17) is 0 Å². The molecule has 1 spiro atoms. The predicted octanol–water partition coefficient (Wildman–Crippen LogP) is 2.28. The minimum absolute atomic E-state index is 0.0948. The van der Waals surface area contributed by atoms with E-state index >= 15 is 0 Å². The van der Waals surface area contributed by atoms with Gasteiger partial charge in [0, 0.05) is 17.1 Å². The van der Waals surface area contributed by atoms with E-state index in [2.05, 4.69) is 20.0 Å². The van der Waals surface area contributed by atoms with Crippen LogP contribution in [0.15, 0.2) is 5.38 Å². The number of sulfonamides is 1. The Morgan fingerprint density at radius 1 is 1.35 bits per heavy atom. The van der Waals surface area contributed by atoms with Crippen molar-refractivity contribution in [1.82, 2.24) is 14.6 Å². The standard InChI is InChI=1S/C16H25N3O2S2/c1-12-11-22-15(17-12)10-19-6-4-16(5-7-19)8-13(9-16)18-23(20,21)14-2-3-14/h11,13-14,18H,2-10H2,1H3. The number of nitrogens with zero attached hydrogens (tertiary/aromatic N) is 2. The maximum atomic E-state index is 12.0. The van der Waals surface area contributed by atoms with Crippen molar-refractivity contribution in [3.8, 4) is 0 Å². The smallest absolute Gasteiger partial charge is 0.214 e. The molecule has 0 amide bonds. The second-order valence-corrected chi connectivity index (χ2v) is 10.6. The number of rotatable bonds is 5. The Balaban J connectivity index is 1.24. The zero-order valence-corrected chi connectivity index (χ0v) is 15.3. The minimum Gasteiger partial charge on any atom is -0.297 e. The molecule has 1 aliphatic heterocycles. The summed E-state index contributed by atoms with van der Waals surface area (Å²) in [6.45, 7) is 5.23. The highest BCUT2D eigenvalue weighted by Gasteiger charge is 2.48. The highest BCUT2D eigenvalue weighted by molar-refractivity contribution is 7.90. The van der Waals surface area contributed by atoms with Gasteiger partial charge in [0.05, 0.1) is 11.8 Å².